The minimum absolute atomic E-state index is 0. The second kappa shape index (κ2) is 12.0. The van der Waals surface area contributed by atoms with Crippen molar-refractivity contribution in [3.8, 4) is 0 Å². The topological polar surface area (TPSA) is 52.6 Å². The van der Waals surface area contributed by atoms with Crippen LogP contribution in [0.5, 0.6) is 0 Å². The Hall–Kier alpha value is -2.69. The average molecular weight is 551 g/mol. The van der Waals surface area contributed by atoms with Gasteiger partial charge in [-0.15, -0.1) is 0 Å². The van der Waals surface area contributed by atoms with Crippen LogP contribution in [0.4, 0.5) is 4.39 Å². The van der Waals surface area contributed by atoms with Crippen LogP contribution in [-0.4, -0.2) is 24.6 Å². The van der Waals surface area contributed by atoms with Gasteiger partial charge >= 0.3 is 11.9 Å². The zero-order chi connectivity index (χ0) is 28.4. The molecule has 4 aliphatic rings. The van der Waals surface area contributed by atoms with Crippen LogP contribution in [0.2, 0.25) is 0 Å². The lowest BCUT2D eigenvalue weighted by atomic mass is 9.50. The molecule has 1 aromatic carbocycles. The Morgan fingerprint density at radius 2 is 2.05 bits per heavy atom. The van der Waals surface area contributed by atoms with Crippen molar-refractivity contribution in [2.75, 3.05) is 6.61 Å². The molecule has 0 aromatic heterocycles. The van der Waals surface area contributed by atoms with Crippen LogP contribution in [0.1, 0.15) is 86.1 Å². The standard InChI is InChI=1S/C35H45FO4.H2/c1-5-39-33(37)11-6-8-24-13-16-30-27(19-24)21-32-34(38)40-23(3)35(32,4)31(30)17-14-25-12-15-29(22(2)18-25)26-9-7-10-28(36)20-26;/h7,9-10,12,14-15,17,20,22-24,27,30-32H,5-6,8,11,13,16,18-19,21H2,1-4H3;1H/b17-14+;/t22?,23-,24-,27+,30+,31+,32-,35-;/m0./s1. The molecule has 8 atom stereocenters. The summed E-state index contributed by atoms with van der Waals surface area (Å²) in [4.78, 5) is 24.8. The van der Waals surface area contributed by atoms with Crippen LogP contribution < -0.4 is 0 Å². The molecule has 1 saturated heterocycles. The van der Waals surface area contributed by atoms with Crippen molar-refractivity contribution in [3.05, 3.63) is 65.5 Å². The number of hydrogen-bond donors (Lipinski definition) is 0. The molecule has 1 heterocycles. The van der Waals surface area contributed by atoms with E-state index in [0.29, 0.717) is 36.7 Å². The third-order valence-electron chi connectivity index (χ3n) is 10.6. The minimum Gasteiger partial charge on any atom is -0.466 e. The fourth-order valence-electron chi connectivity index (χ4n) is 8.34. The summed E-state index contributed by atoms with van der Waals surface area (Å²) < 4.78 is 24.8. The number of ether oxygens (including phenoxy) is 2. The van der Waals surface area contributed by atoms with Gasteiger partial charge < -0.3 is 9.47 Å². The van der Waals surface area contributed by atoms with E-state index in [1.165, 1.54) is 23.6 Å². The quantitative estimate of drug-likeness (QED) is 0.305. The van der Waals surface area contributed by atoms with Crippen LogP contribution in [0.25, 0.3) is 5.57 Å². The Labute approximate surface area is 240 Å². The van der Waals surface area contributed by atoms with Crippen molar-refractivity contribution < 1.29 is 24.9 Å². The molecular formula is C35H47FO4. The zero-order valence-corrected chi connectivity index (χ0v) is 24.5. The highest BCUT2D eigenvalue weighted by molar-refractivity contribution is 5.77. The number of benzene rings is 1. The maximum Gasteiger partial charge on any atom is 0.309 e. The van der Waals surface area contributed by atoms with Crippen molar-refractivity contribution >= 4 is 17.5 Å². The van der Waals surface area contributed by atoms with E-state index in [1.807, 2.05) is 13.0 Å². The van der Waals surface area contributed by atoms with E-state index >= 15 is 0 Å². The van der Waals surface area contributed by atoms with Gasteiger partial charge in [0.25, 0.3) is 0 Å². The average Bonchev–Trinajstić information content (AvgIpc) is 3.14. The maximum atomic E-state index is 13.8. The van der Waals surface area contributed by atoms with Crippen LogP contribution in [0.15, 0.2) is 54.1 Å². The summed E-state index contributed by atoms with van der Waals surface area (Å²) in [5.41, 5.74) is 3.20. The number of carbonyl (C=O) groups excluding carboxylic acids is 2. The first kappa shape index (κ1) is 28.8. The number of allylic oxidation sites excluding steroid dienone is 6. The molecule has 40 heavy (non-hydrogen) atoms. The number of rotatable bonds is 8. The van der Waals surface area contributed by atoms with Gasteiger partial charge in [0.1, 0.15) is 11.9 Å². The lowest BCUT2D eigenvalue weighted by molar-refractivity contribution is -0.145. The molecule has 3 aliphatic carbocycles. The lowest BCUT2D eigenvalue weighted by Gasteiger charge is -2.53. The van der Waals surface area contributed by atoms with Gasteiger partial charge in [0.15, 0.2) is 0 Å². The molecule has 1 unspecified atom stereocenters. The van der Waals surface area contributed by atoms with Crippen molar-refractivity contribution in [2.45, 2.75) is 85.2 Å². The van der Waals surface area contributed by atoms with Crippen molar-refractivity contribution in [1.29, 1.82) is 0 Å². The molecule has 0 N–H and O–H groups in total. The van der Waals surface area contributed by atoms with E-state index in [-0.39, 0.29) is 42.5 Å². The van der Waals surface area contributed by atoms with E-state index in [0.717, 1.165) is 44.1 Å². The molecule has 4 nitrogen and oxygen atoms in total. The minimum atomic E-state index is -0.203. The number of hydrogen-bond acceptors (Lipinski definition) is 4. The van der Waals surface area contributed by atoms with Crippen LogP contribution in [0, 0.1) is 46.7 Å². The third-order valence-corrected chi connectivity index (χ3v) is 10.6. The Morgan fingerprint density at radius 3 is 2.80 bits per heavy atom. The molecule has 1 aromatic rings. The Balaban J connectivity index is 0.00000387. The molecule has 5 rings (SSSR count). The van der Waals surface area contributed by atoms with Gasteiger partial charge in [-0.05, 0) is 111 Å². The molecule has 0 amide bonds. The van der Waals surface area contributed by atoms with Gasteiger partial charge in [-0.25, -0.2) is 4.39 Å². The summed E-state index contributed by atoms with van der Waals surface area (Å²) in [6.07, 6.45) is 16.6. The molecule has 0 bridgehead atoms. The van der Waals surface area contributed by atoms with E-state index in [1.54, 1.807) is 12.1 Å². The first-order valence-corrected chi connectivity index (χ1v) is 15.4. The lowest BCUT2D eigenvalue weighted by Crippen LogP contribution is -2.51. The Kier molecular flexibility index (Phi) is 8.68. The summed E-state index contributed by atoms with van der Waals surface area (Å²) in [7, 11) is 0. The summed E-state index contributed by atoms with van der Waals surface area (Å²) in [6, 6.07) is 6.86. The van der Waals surface area contributed by atoms with Gasteiger partial charge in [-0.1, -0.05) is 56.7 Å². The van der Waals surface area contributed by atoms with Gasteiger partial charge in [-0.3, -0.25) is 9.59 Å². The normalized spacial score (nSPS) is 35.4. The number of carbonyl (C=O) groups is 2. The fourth-order valence-corrected chi connectivity index (χ4v) is 8.34. The van der Waals surface area contributed by atoms with Gasteiger partial charge in [-0.2, -0.15) is 0 Å². The smallest absolute Gasteiger partial charge is 0.309 e. The monoisotopic (exact) mass is 550 g/mol. The number of fused-ring (bicyclic) bond motifs is 2. The fraction of sp³-hybridized carbons (Fsp3) is 0.600. The highest BCUT2D eigenvalue weighted by Crippen LogP contribution is 2.61. The van der Waals surface area contributed by atoms with Crippen LogP contribution >= 0.6 is 0 Å². The molecule has 3 fully saturated rings. The van der Waals surface area contributed by atoms with E-state index in [9.17, 15) is 14.0 Å². The van der Waals surface area contributed by atoms with E-state index < -0.39 is 0 Å². The molecule has 1 aliphatic heterocycles. The van der Waals surface area contributed by atoms with Crippen LogP contribution in [0.3, 0.4) is 0 Å². The summed E-state index contributed by atoms with van der Waals surface area (Å²) in [5.74, 6) is 1.85. The molecule has 5 heteroatoms. The second-order valence-corrected chi connectivity index (χ2v) is 12.9. The molecule has 2 saturated carbocycles. The van der Waals surface area contributed by atoms with Crippen LogP contribution in [-0.2, 0) is 19.1 Å². The zero-order valence-electron chi connectivity index (χ0n) is 24.5. The summed E-state index contributed by atoms with van der Waals surface area (Å²) in [6.45, 7) is 8.86. The number of halogens is 1. The molecule has 0 spiro atoms. The highest BCUT2D eigenvalue weighted by atomic mass is 19.1. The molecular weight excluding hydrogens is 503 g/mol. The molecule has 218 valence electrons. The predicted molar refractivity (Wildman–Crippen MR) is 158 cm³/mol. The second-order valence-electron chi connectivity index (χ2n) is 12.9. The molecule has 0 radical (unpaired) electrons. The van der Waals surface area contributed by atoms with Gasteiger partial charge in [0.05, 0.1) is 12.5 Å². The van der Waals surface area contributed by atoms with E-state index in [4.69, 9.17) is 9.47 Å². The summed E-state index contributed by atoms with van der Waals surface area (Å²) in [5, 5.41) is 0. The van der Waals surface area contributed by atoms with Crippen molar-refractivity contribution in [2.24, 2.45) is 40.9 Å². The van der Waals surface area contributed by atoms with E-state index in [2.05, 4.69) is 45.1 Å². The van der Waals surface area contributed by atoms with Gasteiger partial charge in [0.2, 0.25) is 0 Å². The first-order chi connectivity index (χ1) is 19.2. The summed E-state index contributed by atoms with van der Waals surface area (Å²) >= 11 is 0. The largest absolute Gasteiger partial charge is 0.466 e. The SMILES string of the molecule is CCOC(=O)CCC[C@H]1CC[C@@H]2[C@H](C1)C[C@H]1C(=O)O[C@@H](C)[C@@]1(C)[C@@H]2/C=C/C1=CC=C(c2cccc(F)c2)C(C)C1.[HH]. The number of cyclic esters (lactones) is 1. The highest BCUT2D eigenvalue weighted by Gasteiger charge is 2.61. The van der Waals surface area contributed by atoms with Gasteiger partial charge in [0, 0.05) is 13.3 Å². The number of esters is 2. The first-order valence-electron chi connectivity index (χ1n) is 15.4. The third kappa shape index (κ3) is 5.71. The maximum absolute atomic E-state index is 13.8. The van der Waals surface area contributed by atoms with Crippen molar-refractivity contribution in [3.63, 3.8) is 0 Å². The van der Waals surface area contributed by atoms with Crippen molar-refractivity contribution in [1.82, 2.24) is 0 Å². The Morgan fingerprint density at radius 1 is 1.23 bits per heavy atom. The predicted octanol–water partition coefficient (Wildman–Crippen LogP) is 8.33. The Bertz CT molecular complexity index is 1200.